The molecule has 0 heterocycles. The van der Waals surface area contributed by atoms with Crippen molar-refractivity contribution in [2.45, 2.75) is 84.0 Å². The Morgan fingerprint density at radius 1 is 0.714 bits per heavy atom. The van der Waals surface area contributed by atoms with E-state index in [-0.39, 0.29) is 5.97 Å². The Hall–Kier alpha value is -0.570. The van der Waals surface area contributed by atoms with Crippen LogP contribution in [-0.4, -0.2) is 38.1 Å². The van der Waals surface area contributed by atoms with E-state index in [9.17, 15) is 4.79 Å². The molecule has 0 aliphatic heterocycles. The van der Waals surface area contributed by atoms with Crippen LogP contribution in [0.15, 0.2) is 0 Å². The highest BCUT2D eigenvalue weighted by Gasteiger charge is 1.95. The van der Waals surface area contributed by atoms with E-state index in [2.05, 4.69) is 19.0 Å². The van der Waals surface area contributed by atoms with E-state index in [0.29, 0.717) is 6.61 Å². The number of hydrogen-bond donors (Lipinski definition) is 0. The van der Waals surface area contributed by atoms with Gasteiger partial charge in [-0.15, -0.1) is 0 Å². The monoisotopic (exact) mass is 299 g/mol. The predicted molar refractivity (Wildman–Crippen MR) is 90.6 cm³/mol. The van der Waals surface area contributed by atoms with Gasteiger partial charge in [-0.1, -0.05) is 64.2 Å². The van der Waals surface area contributed by atoms with Gasteiger partial charge in [0, 0.05) is 6.92 Å². The SMILES string of the molecule is CC(=O)OCCCCCCCCCCCCCCN(C)C. The van der Waals surface area contributed by atoms with Crippen LogP contribution in [0.25, 0.3) is 0 Å². The minimum atomic E-state index is -0.156. The van der Waals surface area contributed by atoms with Crippen molar-refractivity contribution in [1.82, 2.24) is 4.90 Å². The lowest BCUT2D eigenvalue weighted by Gasteiger charge is -2.08. The second-order valence-corrected chi connectivity index (χ2v) is 6.39. The summed E-state index contributed by atoms with van der Waals surface area (Å²) in [5.41, 5.74) is 0. The molecule has 0 rings (SSSR count). The molecule has 0 unspecified atom stereocenters. The Labute approximate surface area is 132 Å². The molecule has 0 N–H and O–H groups in total. The van der Waals surface area contributed by atoms with Crippen LogP contribution in [0.2, 0.25) is 0 Å². The molecule has 0 aromatic carbocycles. The zero-order valence-corrected chi connectivity index (χ0v) is 14.7. The van der Waals surface area contributed by atoms with E-state index >= 15 is 0 Å². The highest BCUT2D eigenvalue weighted by Crippen LogP contribution is 2.12. The van der Waals surface area contributed by atoms with E-state index in [1.807, 2.05) is 0 Å². The molecule has 3 heteroatoms. The molecule has 0 fully saturated rings. The highest BCUT2D eigenvalue weighted by atomic mass is 16.5. The van der Waals surface area contributed by atoms with Crippen LogP contribution in [0.1, 0.15) is 84.0 Å². The first-order valence-corrected chi connectivity index (χ1v) is 8.91. The van der Waals surface area contributed by atoms with Crippen molar-refractivity contribution < 1.29 is 9.53 Å². The zero-order chi connectivity index (χ0) is 15.8. The minimum absolute atomic E-state index is 0.156. The molecule has 0 saturated carbocycles. The van der Waals surface area contributed by atoms with Crippen LogP contribution in [0.5, 0.6) is 0 Å². The van der Waals surface area contributed by atoms with Gasteiger partial charge in [-0.25, -0.2) is 0 Å². The average molecular weight is 299 g/mol. The van der Waals surface area contributed by atoms with Gasteiger partial charge >= 0.3 is 5.97 Å². The summed E-state index contributed by atoms with van der Waals surface area (Å²) in [7, 11) is 4.30. The van der Waals surface area contributed by atoms with Gasteiger partial charge in [-0.3, -0.25) is 4.79 Å². The molecule has 0 radical (unpaired) electrons. The Kier molecular flexibility index (Phi) is 15.4. The summed E-state index contributed by atoms with van der Waals surface area (Å²) < 4.78 is 4.91. The molecule has 0 spiro atoms. The summed E-state index contributed by atoms with van der Waals surface area (Å²) in [6.45, 7) is 3.31. The summed E-state index contributed by atoms with van der Waals surface area (Å²) >= 11 is 0. The van der Waals surface area contributed by atoms with Crippen LogP contribution in [-0.2, 0) is 9.53 Å². The summed E-state index contributed by atoms with van der Waals surface area (Å²) in [5, 5.41) is 0. The smallest absolute Gasteiger partial charge is 0.302 e. The first-order chi connectivity index (χ1) is 10.1. The molecule has 126 valence electrons. The molecule has 21 heavy (non-hydrogen) atoms. The third-order valence-electron chi connectivity index (χ3n) is 3.80. The number of rotatable bonds is 15. The van der Waals surface area contributed by atoms with E-state index in [1.165, 1.54) is 84.1 Å². The number of esters is 1. The molecule has 0 atom stereocenters. The van der Waals surface area contributed by atoms with Crippen LogP contribution >= 0.6 is 0 Å². The molecule has 0 aromatic heterocycles. The Morgan fingerprint density at radius 2 is 1.10 bits per heavy atom. The van der Waals surface area contributed by atoms with Crippen molar-refractivity contribution in [2.75, 3.05) is 27.2 Å². The molecule has 0 aliphatic rings. The van der Waals surface area contributed by atoms with Gasteiger partial charge in [-0.05, 0) is 33.5 Å². The van der Waals surface area contributed by atoms with Crippen LogP contribution in [0, 0.1) is 0 Å². The Bertz CT molecular complexity index is 229. The third kappa shape index (κ3) is 19.4. The van der Waals surface area contributed by atoms with Crippen molar-refractivity contribution in [1.29, 1.82) is 0 Å². The van der Waals surface area contributed by atoms with Gasteiger partial charge in [0.2, 0.25) is 0 Å². The molecule has 0 amide bonds. The maximum absolute atomic E-state index is 10.6. The van der Waals surface area contributed by atoms with E-state index < -0.39 is 0 Å². The lowest BCUT2D eigenvalue weighted by Crippen LogP contribution is -2.12. The number of hydrogen-bond acceptors (Lipinski definition) is 3. The third-order valence-corrected chi connectivity index (χ3v) is 3.80. The first-order valence-electron chi connectivity index (χ1n) is 8.91. The molecule has 0 bridgehead atoms. The summed E-state index contributed by atoms with van der Waals surface area (Å²) in [4.78, 5) is 12.8. The fraction of sp³-hybridized carbons (Fsp3) is 0.944. The van der Waals surface area contributed by atoms with E-state index in [4.69, 9.17) is 4.74 Å². The van der Waals surface area contributed by atoms with Crippen molar-refractivity contribution >= 4 is 5.97 Å². The Morgan fingerprint density at radius 3 is 1.48 bits per heavy atom. The fourth-order valence-corrected chi connectivity index (χ4v) is 2.51. The largest absolute Gasteiger partial charge is 0.466 e. The second-order valence-electron chi connectivity index (χ2n) is 6.39. The summed E-state index contributed by atoms with van der Waals surface area (Å²) in [6, 6.07) is 0. The molecule has 0 aromatic rings. The quantitative estimate of drug-likeness (QED) is 0.321. The van der Waals surface area contributed by atoms with Crippen molar-refractivity contribution in [2.24, 2.45) is 0 Å². The number of carbonyl (C=O) groups excluding carboxylic acids is 1. The van der Waals surface area contributed by atoms with Gasteiger partial charge in [0.05, 0.1) is 6.61 Å². The van der Waals surface area contributed by atoms with Gasteiger partial charge < -0.3 is 9.64 Å². The highest BCUT2D eigenvalue weighted by molar-refractivity contribution is 5.65. The maximum atomic E-state index is 10.6. The number of unbranched alkanes of at least 4 members (excludes halogenated alkanes) is 11. The number of carbonyl (C=O) groups is 1. The van der Waals surface area contributed by atoms with Crippen molar-refractivity contribution in [3.05, 3.63) is 0 Å². The van der Waals surface area contributed by atoms with Crippen molar-refractivity contribution in [3.8, 4) is 0 Å². The molecular formula is C18H37NO2. The topological polar surface area (TPSA) is 29.5 Å². The minimum Gasteiger partial charge on any atom is -0.466 e. The summed E-state index contributed by atoms with van der Waals surface area (Å²) in [5.74, 6) is -0.156. The standard InChI is InChI=1S/C18H37NO2/c1-18(20)21-17-15-13-11-9-7-5-4-6-8-10-12-14-16-19(2)3/h4-17H2,1-3H3. The molecular weight excluding hydrogens is 262 g/mol. The van der Waals surface area contributed by atoms with Crippen LogP contribution in [0.3, 0.4) is 0 Å². The maximum Gasteiger partial charge on any atom is 0.302 e. The van der Waals surface area contributed by atoms with Crippen LogP contribution < -0.4 is 0 Å². The molecule has 3 nitrogen and oxygen atoms in total. The molecule has 0 saturated heterocycles. The number of nitrogens with zero attached hydrogens (tertiary/aromatic N) is 1. The second kappa shape index (κ2) is 15.8. The van der Waals surface area contributed by atoms with E-state index in [0.717, 1.165) is 6.42 Å². The fourth-order valence-electron chi connectivity index (χ4n) is 2.51. The van der Waals surface area contributed by atoms with Gasteiger partial charge in [-0.2, -0.15) is 0 Å². The van der Waals surface area contributed by atoms with Gasteiger partial charge in [0.25, 0.3) is 0 Å². The number of ether oxygens (including phenoxy) is 1. The first kappa shape index (κ1) is 20.4. The van der Waals surface area contributed by atoms with E-state index in [1.54, 1.807) is 0 Å². The van der Waals surface area contributed by atoms with Crippen molar-refractivity contribution in [3.63, 3.8) is 0 Å². The van der Waals surface area contributed by atoms with Crippen LogP contribution in [0.4, 0.5) is 0 Å². The zero-order valence-electron chi connectivity index (χ0n) is 14.7. The summed E-state index contributed by atoms with van der Waals surface area (Å²) in [6.07, 6.45) is 16.0. The molecule has 0 aliphatic carbocycles. The predicted octanol–water partition coefficient (Wildman–Crippen LogP) is 4.79. The Balaban J connectivity index is 2.98. The lowest BCUT2D eigenvalue weighted by atomic mass is 10.1. The lowest BCUT2D eigenvalue weighted by molar-refractivity contribution is -0.141. The van der Waals surface area contributed by atoms with Gasteiger partial charge in [0.15, 0.2) is 0 Å². The van der Waals surface area contributed by atoms with Gasteiger partial charge in [0.1, 0.15) is 0 Å². The normalized spacial score (nSPS) is 11.0. The average Bonchev–Trinajstić information content (AvgIpc) is 2.42.